The van der Waals surface area contributed by atoms with E-state index in [4.69, 9.17) is 4.74 Å². The van der Waals surface area contributed by atoms with Crippen LogP contribution < -0.4 is 20.7 Å². The summed E-state index contributed by atoms with van der Waals surface area (Å²) in [6, 6.07) is 11.1. The number of para-hydroxylation sites is 1. The average Bonchev–Trinajstić information content (AvgIpc) is 3.02. The normalized spacial score (nSPS) is 10.4. The highest BCUT2D eigenvalue weighted by atomic mass is 32.1. The van der Waals surface area contributed by atoms with Gasteiger partial charge in [0, 0.05) is 19.3 Å². The van der Waals surface area contributed by atoms with E-state index >= 15 is 0 Å². The second-order valence-electron chi connectivity index (χ2n) is 4.85. The molecule has 0 aliphatic carbocycles. The van der Waals surface area contributed by atoms with Crippen molar-refractivity contribution in [2.45, 2.75) is 0 Å². The molecule has 0 aliphatic heterocycles. The number of nitrogens with one attached hydrogen (secondary N) is 3. The van der Waals surface area contributed by atoms with E-state index in [0.717, 1.165) is 15.3 Å². The Hall–Kier alpha value is -2.87. The van der Waals surface area contributed by atoms with Crippen LogP contribution >= 0.6 is 11.3 Å². The Bertz CT molecular complexity index is 803. The molecule has 0 bridgehead atoms. The summed E-state index contributed by atoms with van der Waals surface area (Å²) in [5.74, 6) is 0.375. The molecular formula is C16H17N5O2S. The van der Waals surface area contributed by atoms with E-state index in [1.54, 1.807) is 29.7 Å². The molecule has 3 aromatic rings. The van der Waals surface area contributed by atoms with E-state index in [1.165, 1.54) is 7.11 Å². The summed E-state index contributed by atoms with van der Waals surface area (Å²) in [6.45, 7) is 1.04. The van der Waals surface area contributed by atoms with Gasteiger partial charge >= 0.3 is 6.03 Å². The molecule has 0 saturated heterocycles. The first kappa shape index (κ1) is 16.0. The van der Waals surface area contributed by atoms with Crippen molar-refractivity contribution in [3.63, 3.8) is 0 Å². The van der Waals surface area contributed by atoms with E-state index in [0.29, 0.717) is 24.7 Å². The third-order valence-electron chi connectivity index (χ3n) is 3.19. The van der Waals surface area contributed by atoms with E-state index in [9.17, 15) is 4.79 Å². The highest BCUT2D eigenvalue weighted by molar-refractivity contribution is 7.22. The summed E-state index contributed by atoms with van der Waals surface area (Å²) < 4.78 is 6.22. The summed E-state index contributed by atoms with van der Waals surface area (Å²) >= 11 is 1.59. The second-order valence-corrected chi connectivity index (χ2v) is 5.89. The van der Waals surface area contributed by atoms with Gasteiger partial charge in [-0.3, -0.25) is 0 Å². The molecule has 7 nitrogen and oxygen atoms in total. The highest BCUT2D eigenvalue weighted by Crippen LogP contribution is 2.25. The Labute approximate surface area is 143 Å². The first-order chi connectivity index (χ1) is 11.8. The fourth-order valence-corrected chi connectivity index (χ4v) is 3.00. The number of fused-ring (bicyclic) bond motifs is 1. The number of hydrogen-bond donors (Lipinski definition) is 3. The van der Waals surface area contributed by atoms with Crippen LogP contribution in [-0.4, -0.2) is 36.2 Å². The lowest BCUT2D eigenvalue weighted by molar-refractivity contribution is 0.252. The number of carbonyl (C=O) groups excluding carboxylic acids is 1. The maximum atomic E-state index is 11.9. The van der Waals surface area contributed by atoms with E-state index in [2.05, 4.69) is 25.9 Å². The number of pyridine rings is 1. The van der Waals surface area contributed by atoms with Crippen LogP contribution in [0, 0.1) is 0 Å². The van der Waals surface area contributed by atoms with Gasteiger partial charge in [-0.2, -0.15) is 0 Å². The minimum Gasteiger partial charge on any atom is -0.480 e. The fraction of sp³-hybridized carbons (Fsp3) is 0.188. The van der Waals surface area contributed by atoms with Crippen LogP contribution in [0.25, 0.3) is 10.2 Å². The first-order valence-corrected chi connectivity index (χ1v) is 8.21. The van der Waals surface area contributed by atoms with Gasteiger partial charge in [0.1, 0.15) is 5.69 Å². The van der Waals surface area contributed by atoms with Crippen LogP contribution in [0.1, 0.15) is 0 Å². The number of hydrogen-bond acceptors (Lipinski definition) is 6. The third kappa shape index (κ3) is 3.90. The van der Waals surface area contributed by atoms with Crippen molar-refractivity contribution in [1.82, 2.24) is 15.3 Å². The zero-order valence-corrected chi connectivity index (χ0v) is 13.9. The van der Waals surface area contributed by atoms with E-state index in [-0.39, 0.29) is 6.03 Å². The molecule has 1 aromatic carbocycles. The van der Waals surface area contributed by atoms with Crippen molar-refractivity contribution in [2.75, 3.05) is 30.8 Å². The molecule has 2 heterocycles. The Morgan fingerprint density at radius 1 is 1.21 bits per heavy atom. The molecule has 3 N–H and O–H groups in total. The molecule has 2 amide bonds. The Kier molecular flexibility index (Phi) is 5.07. The summed E-state index contributed by atoms with van der Waals surface area (Å²) in [7, 11) is 1.51. The van der Waals surface area contributed by atoms with Crippen molar-refractivity contribution in [1.29, 1.82) is 0 Å². The molecule has 0 unspecified atom stereocenters. The molecule has 0 atom stereocenters. The number of methoxy groups -OCH3 is 1. The number of thiazole rings is 1. The molecular weight excluding hydrogens is 326 g/mol. The zero-order chi connectivity index (χ0) is 16.8. The number of nitrogens with zero attached hydrogens (tertiary/aromatic N) is 2. The quantitative estimate of drug-likeness (QED) is 0.599. The van der Waals surface area contributed by atoms with Crippen LogP contribution in [0.5, 0.6) is 5.88 Å². The zero-order valence-electron chi connectivity index (χ0n) is 13.1. The average molecular weight is 343 g/mol. The summed E-state index contributed by atoms with van der Waals surface area (Å²) in [6.07, 6.45) is 1.60. The summed E-state index contributed by atoms with van der Waals surface area (Å²) in [5, 5.41) is 9.51. The minimum absolute atomic E-state index is 0.313. The van der Waals surface area contributed by atoms with Crippen LogP contribution in [-0.2, 0) is 0 Å². The molecule has 0 radical (unpaired) electrons. The lowest BCUT2D eigenvalue weighted by atomic mass is 10.3. The van der Waals surface area contributed by atoms with E-state index in [1.807, 2.05) is 24.3 Å². The molecule has 24 heavy (non-hydrogen) atoms. The number of carbonyl (C=O) groups is 1. The Balaban J connectivity index is 1.45. The molecule has 2 aromatic heterocycles. The van der Waals surface area contributed by atoms with Crippen molar-refractivity contribution in [2.24, 2.45) is 0 Å². The van der Waals surface area contributed by atoms with Gasteiger partial charge in [0.05, 0.1) is 17.3 Å². The monoisotopic (exact) mass is 343 g/mol. The van der Waals surface area contributed by atoms with E-state index < -0.39 is 0 Å². The SMILES string of the molecule is COc1ncccc1NC(=O)NCCNc1nc2ccccc2s1. The lowest BCUT2D eigenvalue weighted by Gasteiger charge is -2.10. The lowest BCUT2D eigenvalue weighted by Crippen LogP contribution is -2.32. The highest BCUT2D eigenvalue weighted by Gasteiger charge is 2.07. The fourth-order valence-electron chi connectivity index (χ4n) is 2.11. The van der Waals surface area contributed by atoms with Gasteiger partial charge in [-0.1, -0.05) is 23.5 Å². The Morgan fingerprint density at radius 3 is 2.92 bits per heavy atom. The molecule has 0 fully saturated rings. The van der Waals surface area contributed by atoms with Gasteiger partial charge in [-0.25, -0.2) is 14.8 Å². The number of benzene rings is 1. The number of amides is 2. The van der Waals surface area contributed by atoms with Gasteiger partial charge < -0.3 is 20.7 Å². The molecule has 124 valence electrons. The summed E-state index contributed by atoms with van der Waals surface area (Å²) in [5.41, 5.74) is 1.50. The van der Waals surface area contributed by atoms with Gasteiger partial charge in [-0.15, -0.1) is 0 Å². The van der Waals surface area contributed by atoms with Crippen molar-refractivity contribution >= 4 is 38.4 Å². The standard InChI is InChI=1S/C16H17N5O2S/c1-23-14-12(6-4-8-17-14)20-15(22)18-9-10-19-16-21-11-5-2-3-7-13(11)24-16/h2-8H,9-10H2,1H3,(H,19,21)(H2,18,20,22). The van der Waals surface area contributed by atoms with Crippen LogP contribution in [0.3, 0.4) is 0 Å². The van der Waals surface area contributed by atoms with Crippen molar-refractivity contribution < 1.29 is 9.53 Å². The second kappa shape index (κ2) is 7.60. The van der Waals surface area contributed by atoms with Crippen LogP contribution in [0.4, 0.5) is 15.6 Å². The molecule has 0 saturated carbocycles. The predicted octanol–water partition coefficient (Wildman–Crippen LogP) is 2.93. The number of rotatable bonds is 6. The minimum atomic E-state index is -0.313. The van der Waals surface area contributed by atoms with Crippen LogP contribution in [0.15, 0.2) is 42.6 Å². The van der Waals surface area contributed by atoms with Gasteiger partial charge in [0.2, 0.25) is 5.88 Å². The largest absolute Gasteiger partial charge is 0.480 e. The summed E-state index contributed by atoms with van der Waals surface area (Å²) in [4.78, 5) is 20.4. The van der Waals surface area contributed by atoms with Crippen LogP contribution in [0.2, 0.25) is 0 Å². The maximum absolute atomic E-state index is 11.9. The molecule has 0 spiro atoms. The number of anilines is 2. The smallest absolute Gasteiger partial charge is 0.319 e. The van der Waals surface area contributed by atoms with Crippen molar-refractivity contribution in [3.8, 4) is 5.88 Å². The topological polar surface area (TPSA) is 88.2 Å². The molecule has 0 aliphatic rings. The van der Waals surface area contributed by atoms with Gasteiger partial charge in [0.15, 0.2) is 5.13 Å². The Morgan fingerprint density at radius 2 is 2.08 bits per heavy atom. The van der Waals surface area contributed by atoms with Gasteiger partial charge in [-0.05, 0) is 24.3 Å². The number of urea groups is 1. The van der Waals surface area contributed by atoms with Crippen molar-refractivity contribution in [3.05, 3.63) is 42.6 Å². The molecule has 8 heteroatoms. The maximum Gasteiger partial charge on any atom is 0.319 e. The molecule has 3 rings (SSSR count). The third-order valence-corrected chi connectivity index (χ3v) is 4.19. The first-order valence-electron chi connectivity index (χ1n) is 7.39. The van der Waals surface area contributed by atoms with Gasteiger partial charge in [0.25, 0.3) is 0 Å². The predicted molar refractivity (Wildman–Crippen MR) is 95.9 cm³/mol. The number of aromatic nitrogens is 2. The number of ether oxygens (including phenoxy) is 1.